The molecule has 10 heteroatoms. The van der Waals surface area contributed by atoms with Crippen LogP contribution >= 0.6 is 11.6 Å². The lowest BCUT2D eigenvalue weighted by molar-refractivity contribution is -0.384. The Morgan fingerprint density at radius 2 is 1.74 bits per heavy atom. The van der Waals surface area contributed by atoms with Crippen LogP contribution in [0.2, 0.25) is 5.02 Å². The van der Waals surface area contributed by atoms with Crippen LogP contribution < -0.4 is 14.2 Å². The van der Waals surface area contributed by atoms with Crippen LogP contribution in [0.4, 0.5) is 5.69 Å². The molecule has 0 radical (unpaired) electrons. The molecule has 0 saturated carbocycles. The van der Waals surface area contributed by atoms with E-state index in [0.29, 0.717) is 33.4 Å². The van der Waals surface area contributed by atoms with Crippen molar-refractivity contribution in [3.05, 3.63) is 98.7 Å². The van der Waals surface area contributed by atoms with Crippen LogP contribution in [0, 0.1) is 10.1 Å². The van der Waals surface area contributed by atoms with Gasteiger partial charge in [-0.25, -0.2) is 9.79 Å². The van der Waals surface area contributed by atoms with Crippen molar-refractivity contribution >= 4 is 35.2 Å². The Hall–Kier alpha value is -4.37. The number of nitro groups is 1. The number of nitrogens with zero attached hydrogens (tertiary/aromatic N) is 2. The van der Waals surface area contributed by atoms with Crippen molar-refractivity contribution in [1.82, 2.24) is 0 Å². The Morgan fingerprint density at radius 3 is 2.46 bits per heavy atom. The van der Waals surface area contributed by atoms with E-state index in [1.54, 1.807) is 55.6 Å². The Balaban J connectivity index is 1.52. The molecule has 0 fully saturated rings. The first-order valence-corrected chi connectivity index (χ1v) is 10.8. The third-order valence-electron chi connectivity index (χ3n) is 4.89. The minimum absolute atomic E-state index is 0.0419. The number of methoxy groups -OCH3 is 1. The van der Waals surface area contributed by atoms with Gasteiger partial charge in [0.2, 0.25) is 5.90 Å². The maximum atomic E-state index is 12.4. The molecule has 1 aliphatic heterocycles. The van der Waals surface area contributed by atoms with E-state index in [2.05, 4.69) is 4.99 Å². The summed E-state index contributed by atoms with van der Waals surface area (Å²) in [5.74, 6) is 1.00. The number of cyclic esters (lactones) is 1. The van der Waals surface area contributed by atoms with Crippen molar-refractivity contribution in [2.24, 2.45) is 4.99 Å². The summed E-state index contributed by atoms with van der Waals surface area (Å²) in [6.45, 7) is 0.370. The van der Waals surface area contributed by atoms with E-state index in [-0.39, 0.29) is 30.5 Å². The van der Waals surface area contributed by atoms with E-state index >= 15 is 0 Å². The molecule has 3 aromatic rings. The summed E-state index contributed by atoms with van der Waals surface area (Å²) in [5, 5.41) is 11.7. The minimum Gasteiger partial charge on any atom is -0.497 e. The van der Waals surface area contributed by atoms with Gasteiger partial charge in [0, 0.05) is 17.7 Å². The summed E-state index contributed by atoms with van der Waals surface area (Å²) >= 11 is 6.17. The Kier molecular flexibility index (Phi) is 7.27. The number of nitro benzene ring substituents is 1. The fourth-order valence-electron chi connectivity index (χ4n) is 3.18. The highest BCUT2D eigenvalue weighted by Gasteiger charge is 2.26. The SMILES string of the molecule is COc1ccc(OCCOc2ccc([N+](=O)[O-])cc2/C=C2/N=C(c3ccccc3Cl)OC2=O)cc1. The molecular weight excluding hydrogens is 476 g/mol. The van der Waals surface area contributed by atoms with Crippen LogP contribution in [0.25, 0.3) is 6.08 Å². The second-order valence-electron chi connectivity index (χ2n) is 7.17. The van der Waals surface area contributed by atoms with Gasteiger partial charge < -0.3 is 18.9 Å². The van der Waals surface area contributed by atoms with Crippen molar-refractivity contribution in [3.8, 4) is 17.2 Å². The van der Waals surface area contributed by atoms with Crippen LogP contribution in [-0.2, 0) is 9.53 Å². The Morgan fingerprint density at radius 1 is 1.03 bits per heavy atom. The summed E-state index contributed by atoms with van der Waals surface area (Å²) in [6, 6.07) is 17.9. The van der Waals surface area contributed by atoms with E-state index in [9.17, 15) is 14.9 Å². The number of ether oxygens (including phenoxy) is 4. The second-order valence-corrected chi connectivity index (χ2v) is 7.57. The second kappa shape index (κ2) is 10.7. The topological polar surface area (TPSA) is 109 Å². The zero-order valence-electron chi connectivity index (χ0n) is 18.5. The Labute approximate surface area is 205 Å². The fraction of sp³-hybridized carbons (Fsp3) is 0.120. The maximum Gasteiger partial charge on any atom is 0.363 e. The van der Waals surface area contributed by atoms with Crippen molar-refractivity contribution in [2.75, 3.05) is 20.3 Å². The van der Waals surface area contributed by atoms with Crippen LogP contribution in [0.3, 0.4) is 0 Å². The molecule has 1 aliphatic rings. The molecule has 0 N–H and O–H groups in total. The third kappa shape index (κ3) is 5.77. The molecule has 178 valence electrons. The Bertz CT molecular complexity index is 1320. The quantitative estimate of drug-likeness (QED) is 0.134. The monoisotopic (exact) mass is 494 g/mol. The number of carbonyl (C=O) groups excluding carboxylic acids is 1. The highest BCUT2D eigenvalue weighted by molar-refractivity contribution is 6.34. The van der Waals surface area contributed by atoms with Crippen molar-refractivity contribution in [1.29, 1.82) is 0 Å². The molecule has 0 aromatic heterocycles. The molecule has 0 saturated heterocycles. The summed E-state index contributed by atoms with van der Waals surface area (Å²) in [7, 11) is 1.58. The summed E-state index contributed by atoms with van der Waals surface area (Å²) in [6.07, 6.45) is 1.37. The van der Waals surface area contributed by atoms with Crippen LogP contribution in [-0.4, -0.2) is 37.1 Å². The van der Waals surface area contributed by atoms with E-state index < -0.39 is 10.9 Å². The molecule has 3 aromatic carbocycles. The lowest BCUT2D eigenvalue weighted by Crippen LogP contribution is -2.10. The predicted octanol–water partition coefficient (Wildman–Crippen LogP) is 5.06. The van der Waals surface area contributed by atoms with Crippen molar-refractivity contribution in [3.63, 3.8) is 0 Å². The van der Waals surface area contributed by atoms with Gasteiger partial charge in [-0.05, 0) is 48.5 Å². The van der Waals surface area contributed by atoms with Gasteiger partial charge in [0.15, 0.2) is 5.70 Å². The van der Waals surface area contributed by atoms with Gasteiger partial charge in [-0.1, -0.05) is 23.7 Å². The van der Waals surface area contributed by atoms with Gasteiger partial charge in [0.1, 0.15) is 30.5 Å². The van der Waals surface area contributed by atoms with Gasteiger partial charge >= 0.3 is 5.97 Å². The molecule has 4 rings (SSSR count). The number of esters is 1. The standard InChI is InChI=1S/C25H19ClN2O7/c1-32-18-7-9-19(10-8-18)33-12-13-34-23-11-6-17(28(30)31)14-16(23)15-22-25(29)35-24(27-22)20-4-2-3-5-21(20)26/h2-11,14-15H,12-13H2,1H3/b22-15+. The van der Waals surface area contributed by atoms with Gasteiger partial charge in [-0.2, -0.15) is 0 Å². The molecular formula is C25H19ClN2O7. The highest BCUT2D eigenvalue weighted by Crippen LogP contribution is 2.29. The summed E-state index contributed by atoms with van der Waals surface area (Å²) in [5.41, 5.74) is 0.539. The average Bonchev–Trinajstić information content (AvgIpc) is 3.22. The van der Waals surface area contributed by atoms with Crippen LogP contribution in [0.15, 0.2) is 77.4 Å². The van der Waals surface area contributed by atoms with Gasteiger partial charge in [-0.3, -0.25) is 10.1 Å². The third-order valence-corrected chi connectivity index (χ3v) is 5.22. The van der Waals surface area contributed by atoms with Crippen molar-refractivity contribution in [2.45, 2.75) is 0 Å². The highest BCUT2D eigenvalue weighted by atomic mass is 35.5. The zero-order valence-corrected chi connectivity index (χ0v) is 19.2. The summed E-state index contributed by atoms with van der Waals surface area (Å²) < 4.78 is 21.8. The molecule has 0 aliphatic carbocycles. The van der Waals surface area contributed by atoms with Gasteiger partial charge in [-0.15, -0.1) is 0 Å². The minimum atomic E-state index is -0.708. The van der Waals surface area contributed by atoms with Gasteiger partial charge in [0.05, 0.1) is 22.6 Å². The predicted molar refractivity (Wildman–Crippen MR) is 129 cm³/mol. The summed E-state index contributed by atoms with van der Waals surface area (Å²) in [4.78, 5) is 27.4. The van der Waals surface area contributed by atoms with Crippen molar-refractivity contribution < 1.29 is 28.7 Å². The number of hydrogen-bond donors (Lipinski definition) is 0. The average molecular weight is 495 g/mol. The smallest absolute Gasteiger partial charge is 0.363 e. The van der Waals surface area contributed by atoms with E-state index in [1.165, 1.54) is 24.3 Å². The molecule has 9 nitrogen and oxygen atoms in total. The zero-order chi connectivity index (χ0) is 24.8. The first-order valence-electron chi connectivity index (χ1n) is 10.4. The molecule has 1 heterocycles. The number of non-ortho nitro benzene ring substituents is 1. The fourth-order valence-corrected chi connectivity index (χ4v) is 3.40. The number of rotatable bonds is 9. The molecule has 0 amide bonds. The van der Waals surface area contributed by atoms with Crippen LogP contribution in [0.5, 0.6) is 17.2 Å². The number of hydrogen-bond acceptors (Lipinski definition) is 8. The van der Waals surface area contributed by atoms with Crippen LogP contribution in [0.1, 0.15) is 11.1 Å². The number of benzene rings is 3. The first kappa shape index (κ1) is 23.8. The molecule has 0 spiro atoms. The number of halogens is 1. The normalized spacial score (nSPS) is 13.8. The van der Waals surface area contributed by atoms with E-state index in [4.69, 9.17) is 30.5 Å². The molecule has 0 bridgehead atoms. The molecule has 0 unspecified atom stereocenters. The number of aliphatic imine (C=N–C) groups is 1. The molecule has 35 heavy (non-hydrogen) atoms. The van der Waals surface area contributed by atoms with E-state index in [1.807, 2.05) is 0 Å². The lowest BCUT2D eigenvalue weighted by Gasteiger charge is -2.11. The molecule has 0 atom stereocenters. The number of carbonyl (C=O) groups is 1. The maximum absolute atomic E-state index is 12.4. The van der Waals surface area contributed by atoms with Gasteiger partial charge in [0.25, 0.3) is 5.69 Å². The first-order chi connectivity index (χ1) is 16.9. The lowest BCUT2D eigenvalue weighted by atomic mass is 10.1. The largest absolute Gasteiger partial charge is 0.497 e. The van der Waals surface area contributed by atoms with E-state index in [0.717, 1.165) is 0 Å².